The second-order valence-electron chi connectivity index (χ2n) is 10.5. The summed E-state index contributed by atoms with van der Waals surface area (Å²) < 4.78 is 4.99. The van der Waals surface area contributed by atoms with E-state index in [0.29, 0.717) is 46.9 Å². The van der Waals surface area contributed by atoms with Crippen LogP contribution in [0.15, 0.2) is 66.7 Å². The van der Waals surface area contributed by atoms with E-state index >= 15 is 0 Å². The molecule has 5 rings (SSSR count). The molecule has 1 aliphatic rings. The van der Waals surface area contributed by atoms with Gasteiger partial charge in [0, 0.05) is 33.8 Å². The molecule has 2 amide bonds. The minimum atomic E-state index is -0.378. The summed E-state index contributed by atoms with van der Waals surface area (Å²) in [6, 6.07) is 19.8. The fourth-order valence-corrected chi connectivity index (χ4v) is 4.45. The Hall–Kier alpha value is -5.03. The Morgan fingerprint density at radius 1 is 1.02 bits per heavy atom. The number of nitrogens with zero attached hydrogens (tertiary/aromatic N) is 4. The predicted molar refractivity (Wildman–Crippen MR) is 157 cm³/mol. The molecule has 1 saturated heterocycles. The number of nitrogens with one attached hydrogen (secondary N) is 2. The molecular formula is C30H31N7O4. The summed E-state index contributed by atoms with van der Waals surface area (Å²) in [5.74, 6) is 0.0934. The van der Waals surface area contributed by atoms with Crippen LogP contribution >= 0.6 is 0 Å². The molecule has 4 aromatic rings. The summed E-state index contributed by atoms with van der Waals surface area (Å²) in [6.45, 7) is 6.82. The third-order valence-corrected chi connectivity index (χ3v) is 6.68. The van der Waals surface area contributed by atoms with Crippen LogP contribution in [-0.2, 0) is 16.8 Å². The minimum absolute atomic E-state index is 0.0220. The van der Waals surface area contributed by atoms with Crippen LogP contribution in [0.1, 0.15) is 42.3 Å². The molecule has 1 fully saturated rings. The van der Waals surface area contributed by atoms with E-state index in [1.165, 1.54) is 0 Å². The van der Waals surface area contributed by atoms with E-state index < -0.39 is 0 Å². The molecule has 41 heavy (non-hydrogen) atoms. The van der Waals surface area contributed by atoms with E-state index in [1.807, 2.05) is 12.1 Å². The standard InChI is InChI=1S/C30H31N7O4/c1-30(2,3)19-9-7-18(8-10-19)26(39)33-24-6-4-5-22(23(24)17-38)25-34-27(31)36-28(35-25)32-20-11-13-21(14-12-20)37-15-16-41-29(37)40/h4-14,38H,15-17H2,1-3H3,(H,33,39)(H3,31,32,34,35,36). The molecule has 0 saturated carbocycles. The molecule has 0 spiro atoms. The number of cyclic esters (lactones) is 1. The number of anilines is 5. The lowest BCUT2D eigenvalue weighted by Crippen LogP contribution is -2.23. The fraction of sp³-hybridized carbons (Fsp3) is 0.233. The number of carbonyl (C=O) groups excluding carboxylic acids is 2. The Morgan fingerprint density at radius 3 is 2.39 bits per heavy atom. The second-order valence-corrected chi connectivity index (χ2v) is 10.5. The third kappa shape index (κ3) is 6.10. The maximum Gasteiger partial charge on any atom is 0.414 e. The van der Waals surface area contributed by atoms with E-state index in [2.05, 4.69) is 46.4 Å². The van der Waals surface area contributed by atoms with E-state index in [-0.39, 0.29) is 41.7 Å². The van der Waals surface area contributed by atoms with Crippen LogP contribution in [0.4, 0.5) is 33.8 Å². The number of rotatable bonds is 7. The largest absolute Gasteiger partial charge is 0.447 e. The molecule has 5 N–H and O–H groups in total. The minimum Gasteiger partial charge on any atom is -0.447 e. The summed E-state index contributed by atoms with van der Waals surface area (Å²) in [7, 11) is 0. The first-order valence-corrected chi connectivity index (χ1v) is 13.1. The van der Waals surface area contributed by atoms with Gasteiger partial charge in [0.2, 0.25) is 11.9 Å². The van der Waals surface area contributed by atoms with Gasteiger partial charge in [0.15, 0.2) is 5.82 Å². The topological polar surface area (TPSA) is 156 Å². The van der Waals surface area contributed by atoms with Gasteiger partial charge in [-0.3, -0.25) is 9.69 Å². The van der Waals surface area contributed by atoms with Gasteiger partial charge in [0.05, 0.1) is 13.2 Å². The van der Waals surface area contributed by atoms with Crippen LogP contribution in [-0.4, -0.2) is 45.2 Å². The molecule has 0 atom stereocenters. The second kappa shape index (κ2) is 11.2. The van der Waals surface area contributed by atoms with Crippen molar-refractivity contribution in [3.63, 3.8) is 0 Å². The molecule has 1 aliphatic heterocycles. The Labute approximate surface area is 237 Å². The van der Waals surface area contributed by atoms with Crippen LogP contribution in [0.3, 0.4) is 0 Å². The summed E-state index contributed by atoms with van der Waals surface area (Å²) >= 11 is 0. The number of ether oxygens (including phenoxy) is 1. The first-order valence-electron chi connectivity index (χ1n) is 13.1. The number of benzene rings is 3. The Kier molecular flexibility index (Phi) is 7.54. The molecule has 3 aromatic carbocycles. The van der Waals surface area contributed by atoms with Crippen LogP contribution in [0.5, 0.6) is 0 Å². The highest BCUT2D eigenvalue weighted by molar-refractivity contribution is 6.05. The zero-order valence-corrected chi connectivity index (χ0v) is 23.0. The maximum atomic E-state index is 13.0. The van der Waals surface area contributed by atoms with Gasteiger partial charge in [0.1, 0.15) is 6.61 Å². The van der Waals surface area contributed by atoms with E-state index in [0.717, 1.165) is 5.56 Å². The number of hydrogen-bond donors (Lipinski definition) is 4. The quantitative estimate of drug-likeness (QED) is 0.251. The Balaban J connectivity index is 1.37. The van der Waals surface area contributed by atoms with Gasteiger partial charge in [-0.15, -0.1) is 0 Å². The predicted octanol–water partition coefficient (Wildman–Crippen LogP) is 4.86. The van der Waals surface area contributed by atoms with Crippen molar-refractivity contribution in [1.82, 2.24) is 15.0 Å². The Bertz CT molecular complexity index is 1580. The first kappa shape index (κ1) is 27.5. The molecule has 2 heterocycles. The van der Waals surface area contributed by atoms with Crippen molar-refractivity contribution in [3.8, 4) is 11.4 Å². The van der Waals surface area contributed by atoms with Crippen molar-refractivity contribution in [3.05, 3.63) is 83.4 Å². The lowest BCUT2D eigenvalue weighted by molar-refractivity contribution is 0.102. The molecule has 11 nitrogen and oxygen atoms in total. The zero-order valence-electron chi connectivity index (χ0n) is 23.0. The smallest absolute Gasteiger partial charge is 0.414 e. The van der Waals surface area contributed by atoms with Crippen LogP contribution < -0.4 is 21.3 Å². The van der Waals surface area contributed by atoms with Crippen molar-refractivity contribution in [2.45, 2.75) is 32.8 Å². The van der Waals surface area contributed by atoms with Gasteiger partial charge >= 0.3 is 6.09 Å². The molecule has 11 heteroatoms. The van der Waals surface area contributed by atoms with Crippen molar-refractivity contribution < 1.29 is 19.4 Å². The molecule has 0 unspecified atom stereocenters. The summed E-state index contributed by atoms with van der Waals surface area (Å²) in [5, 5.41) is 16.3. The molecule has 1 aromatic heterocycles. The van der Waals surface area contributed by atoms with E-state index in [4.69, 9.17) is 10.5 Å². The number of nitrogen functional groups attached to an aromatic ring is 1. The molecule has 0 aliphatic carbocycles. The molecular weight excluding hydrogens is 522 g/mol. The van der Waals surface area contributed by atoms with Crippen molar-refractivity contribution in [2.75, 3.05) is 34.4 Å². The monoisotopic (exact) mass is 553 g/mol. The SMILES string of the molecule is CC(C)(C)c1ccc(C(=O)Nc2cccc(-c3nc(N)nc(Nc4ccc(N5CCOC5=O)cc4)n3)c2CO)cc1. The number of hydrogen-bond acceptors (Lipinski definition) is 9. The van der Waals surface area contributed by atoms with E-state index in [1.54, 1.807) is 59.5 Å². The van der Waals surface area contributed by atoms with Gasteiger partial charge in [0.25, 0.3) is 5.91 Å². The van der Waals surface area contributed by atoms with Gasteiger partial charge in [-0.2, -0.15) is 15.0 Å². The highest BCUT2D eigenvalue weighted by Gasteiger charge is 2.23. The van der Waals surface area contributed by atoms with Crippen LogP contribution in [0.25, 0.3) is 11.4 Å². The maximum absolute atomic E-state index is 13.0. The first-order chi connectivity index (χ1) is 19.6. The number of carbonyl (C=O) groups is 2. The third-order valence-electron chi connectivity index (χ3n) is 6.68. The lowest BCUT2D eigenvalue weighted by Gasteiger charge is -2.19. The number of aliphatic hydroxyl groups is 1. The summed E-state index contributed by atoms with van der Waals surface area (Å²) in [5.41, 5.74) is 10.3. The van der Waals surface area contributed by atoms with E-state index in [9.17, 15) is 14.7 Å². The average Bonchev–Trinajstić information content (AvgIpc) is 3.38. The average molecular weight is 554 g/mol. The number of amides is 2. The highest BCUT2D eigenvalue weighted by Crippen LogP contribution is 2.30. The molecule has 0 bridgehead atoms. The summed E-state index contributed by atoms with van der Waals surface area (Å²) in [4.78, 5) is 39.4. The Morgan fingerprint density at radius 2 is 1.76 bits per heavy atom. The number of nitrogens with two attached hydrogens (primary N) is 1. The fourth-order valence-electron chi connectivity index (χ4n) is 4.45. The number of aromatic nitrogens is 3. The van der Waals surface area contributed by atoms with Gasteiger partial charge in [-0.1, -0.05) is 45.0 Å². The van der Waals surface area contributed by atoms with Crippen molar-refractivity contribution in [2.24, 2.45) is 0 Å². The summed E-state index contributed by atoms with van der Waals surface area (Å²) in [6.07, 6.45) is -0.378. The van der Waals surface area contributed by atoms with Crippen LogP contribution in [0, 0.1) is 0 Å². The zero-order chi connectivity index (χ0) is 29.1. The molecule has 0 radical (unpaired) electrons. The highest BCUT2D eigenvalue weighted by atomic mass is 16.6. The number of aliphatic hydroxyl groups excluding tert-OH is 1. The van der Waals surface area contributed by atoms with Gasteiger partial charge < -0.3 is 26.2 Å². The lowest BCUT2D eigenvalue weighted by atomic mass is 9.86. The van der Waals surface area contributed by atoms with Crippen molar-refractivity contribution in [1.29, 1.82) is 0 Å². The van der Waals surface area contributed by atoms with Crippen LogP contribution in [0.2, 0.25) is 0 Å². The van der Waals surface area contributed by atoms with Gasteiger partial charge in [-0.25, -0.2) is 4.79 Å². The molecule has 210 valence electrons. The normalized spacial score (nSPS) is 13.2. The van der Waals surface area contributed by atoms with Gasteiger partial charge in [-0.05, 0) is 53.4 Å². The van der Waals surface area contributed by atoms with Crippen molar-refractivity contribution >= 4 is 41.0 Å².